The summed E-state index contributed by atoms with van der Waals surface area (Å²) in [5, 5.41) is 0. The van der Waals surface area contributed by atoms with Crippen molar-refractivity contribution in [3.8, 4) is 0 Å². The molecule has 4 heteroatoms. The first kappa shape index (κ1) is 10.0. The minimum absolute atomic E-state index is 0.0316. The van der Waals surface area contributed by atoms with Crippen LogP contribution in [0.3, 0.4) is 0 Å². The molecule has 0 saturated heterocycles. The smallest absolute Gasteiger partial charge is 0.261 e. The molecular weight excluding hydrogens is 179 g/mol. The summed E-state index contributed by atoms with van der Waals surface area (Å²) in [6, 6.07) is 3.48. The van der Waals surface area contributed by atoms with Gasteiger partial charge in [-0.3, -0.25) is 4.98 Å². The van der Waals surface area contributed by atoms with Gasteiger partial charge in [-0.1, -0.05) is 6.07 Å². The highest BCUT2D eigenvalue weighted by Crippen LogP contribution is 2.22. The van der Waals surface area contributed by atoms with Crippen LogP contribution >= 0.6 is 0 Å². The summed E-state index contributed by atoms with van der Waals surface area (Å²) in [6.07, 6.45) is -3.41. The molecule has 0 radical (unpaired) electrons. The topological polar surface area (TPSA) is 12.9 Å². The van der Waals surface area contributed by atoms with Crippen LogP contribution in [0.1, 0.15) is 17.7 Å². The van der Waals surface area contributed by atoms with Crippen molar-refractivity contribution in [3.63, 3.8) is 0 Å². The molecular formula is C9H10F3N. The van der Waals surface area contributed by atoms with Gasteiger partial charge < -0.3 is 0 Å². The normalized spacial score (nSPS) is 11.7. The van der Waals surface area contributed by atoms with Gasteiger partial charge in [0.05, 0.1) is 0 Å². The molecule has 0 aliphatic carbocycles. The van der Waals surface area contributed by atoms with Crippen molar-refractivity contribution >= 4 is 0 Å². The fraction of sp³-hybridized carbons (Fsp3) is 0.444. The second kappa shape index (κ2) is 3.77. The predicted octanol–water partition coefficient (Wildman–Crippen LogP) is 2.88. The highest BCUT2D eigenvalue weighted by atomic mass is 19.4. The summed E-state index contributed by atoms with van der Waals surface area (Å²) >= 11 is 0. The van der Waals surface area contributed by atoms with E-state index >= 15 is 0 Å². The molecule has 1 rings (SSSR count). The van der Waals surface area contributed by atoms with Crippen LogP contribution in [0.5, 0.6) is 0 Å². The van der Waals surface area contributed by atoms with Gasteiger partial charge in [0.2, 0.25) is 0 Å². The van der Waals surface area contributed by atoms with Crippen molar-refractivity contribution in [1.29, 1.82) is 0 Å². The molecule has 0 bridgehead atoms. The average molecular weight is 189 g/mol. The van der Waals surface area contributed by atoms with E-state index in [9.17, 15) is 13.2 Å². The van der Waals surface area contributed by atoms with Crippen molar-refractivity contribution in [3.05, 3.63) is 29.6 Å². The van der Waals surface area contributed by atoms with Gasteiger partial charge in [-0.25, -0.2) is 0 Å². The van der Waals surface area contributed by atoms with Crippen molar-refractivity contribution in [2.75, 3.05) is 0 Å². The van der Waals surface area contributed by atoms with Crippen molar-refractivity contribution in [1.82, 2.24) is 4.98 Å². The molecule has 0 atom stereocenters. The fourth-order valence-corrected chi connectivity index (χ4v) is 1.04. The summed E-state index contributed by atoms with van der Waals surface area (Å²) in [5.74, 6) is 0. The Morgan fingerprint density at radius 1 is 1.38 bits per heavy atom. The summed E-state index contributed by atoms with van der Waals surface area (Å²) in [6.45, 7) is 1.76. The molecule has 0 aromatic carbocycles. The molecule has 0 fully saturated rings. The Morgan fingerprint density at radius 3 is 2.62 bits per heavy atom. The van der Waals surface area contributed by atoms with E-state index in [1.165, 1.54) is 6.20 Å². The second-order valence-electron chi connectivity index (χ2n) is 2.88. The Hall–Kier alpha value is -1.06. The lowest BCUT2D eigenvalue weighted by Crippen LogP contribution is -2.09. The minimum Gasteiger partial charge on any atom is -0.261 e. The SMILES string of the molecule is Cc1cccnc1CCC(F)(F)F. The zero-order valence-corrected chi connectivity index (χ0v) is 7.23. The molecule has 72 valence electrons. The van der Waals surface area contributed by atoms with Crippen molar-refractivity contribution < 1.29 is 13.2 Å². The van der Waals surface area contributed by atoms with Gasteiger partial charge in [-0.2, -0.15) is 13.2 Å². The van der Waals surface area contributed by atoms with E-state index in [0.29, 0.717) is 5.69 Å². The molecule has 13 heavy (non-hydrogen) atoms. The molecule has 0 saturated carbocycles. The number of rotatable bonds is 2. The molecule has 0 amide bonds. The van der Waals surface area contributed by atoms with Crippen LogP contribution in [0.15, 0.2) is 18.3 Å². The van der Waals surface area contributed by atoms with E-state index in [1.54, 1.807) is 19.1 Å². The number of aromatic nitrogens is 1. The molecule has 0 aliphatic rings. The average Bonchev–Trinajstić information content (AvgIpc) is 2.01. The Balaban J connectivity index is 2.60. The van der Waals surface area contributed by atoms with Crippen LogP contribution in [0.4, 0.5) is 13.2 Å². The maximum absolute atomic E-state index is 11.8. The summed E-state index contributed by atoms with van der Waals surface area (Å²) in [7, 11) is 0. The third-order valence-electron chi connectivity index (χ3n) is 1.76. The van der Waals surface area contributed by atoms with Crippen molar-refractivity contribution in [2.24, 2.45) is 0 Å². The minimum atomic E-state index is -4.09. The highest BCUT2D eigenvalue weighted by molar-refractivity contribution is 5.17. The van der Waals surface area contributed by atoms with Gasteiger partial charge in [0.15, 0.2) is 0 Å². The van der Waals surface area contributed by atoms with Crippen LogP contribution in [0, 0.1) is 6.92 Å². The highest BCUT2D eigenvalue weighted by Gasteiger charge is 2.26. The molecule has 1 nitrogen and oxygen atoms in total. The number of alkyl halides is 3. The summed E-state index contributed by atoms with van der Waals surface area (Å²) in [4.78, 5) is 3.88. The lowest BCUT2D eigenvalue weighted by molar-refractivity contribution is -0.134. The Bertz CT molecular complexity index is 280. The molecule has 0 spiro atoms. The van der Waals surface area contributed by atoms with E-state index < -0.39 is 12.6 Å². The zero-order chi connectivity index (χ0) is 9.90. The van der Waals surface area contributed by atoms with Gasteiger partial charge >= 0.3 is 6.18 Å². The van der Waals surface area contributed by atoms with Crippen LogP contribution in [0.2, 0.25) is 0 Å². The van der Waals surface area contributed by atoms with E-state index in [1.807, 2.05) is 0 Å². The third kappa shape index (κ3) is 3.44. The Morgan fingerprint density at radius 2 is 2.08 bits per heavy atom. The molecule has 0 unspecified atom stereocenters. The van der Waals surface area contributed by atoms with E-state index in [-0.39, 0.29) is 6.42 Å². The maximum atomic E-state index is 11.8. The number of pyridine rings is 1. The van der Waals surface area contributed by atoms with Gasteiger partial charge in [-0.15, -0.1) is 0 Å². The first-order valence-electron chi connectivity index (χ1n) is 3.96. The van der Waals surface area contributed by atoms with Gasteiger partial charge in [0, 0.05) is 18.3 Å². The number of hydrogen-bond acceptors (Lipinski definition) is 1. The second-order valence-corrected chi connectivity index (χ2v) is 2.88. The Labute approximate surface area is 74.6 Å². The van der Waals surface area contributed by atoms with E-state index in [2.05, 4.69) is 4.98 Å². The maximum Gasteiger partial charge on any atom is 0.389 e. The molecule has 1 aromatic heterocycles. The summed E-state index contributed by atoms with van der Waals surface area (Å²) in [5.41, 5.74) is 1.34. The quantitative estimate of drug-likeness (QED) is 0.697. The van der Waals surface area contributed by atoms with Crippen LogP contribution < -0.4 is 0 Å². The van der Waals surface area contributed by atoms with Crippen LogP contribution in [-0.4, -0.2) is 11.2 Å². The molecule has 0 N–H and O–H groups in total. The monoisotopic (exact) mass is 189 g/mol. The lowest BCUT2D eigenvalue weighted by Gasteiger charge is -2.06. The lowest BCUT2D eigenvalue weighted by atomic mass is 10.1. The van der Waals surface area contributed by atoms with Crippen LogP contribution in [0.25, 0.3) is 0 Å². The van der Waals surface area contributed by atoms with E-state index in [4.69, 9.17) is 0 Å². The number of halogens is 3. The van der Waals surface area contributed by atoms with Gasteiger partial charge in [0.1, 0.15) is 0 Å². The molecule has 0 aliphatic heterocycles. The Kier molecular flexibility index (Phi) is 2.90. The molecule has 1 heterocycles. The largest absolute Gasteiger partial charge is 0.389 e. The van der Waals surface area contributed by atoms with Crippen molar-refractivity contribution in [2.45, 2.75) is 25.9 Å². The fourth-order valence-electron chi connectivity index (χ4n) is 1.04. The third-order valence-corrected chi connectivity index (χ3v) is 1.76. The number of hydrogen-bond donors (Lipinski definition) is 0. The first-order valence-corrected chi connectivity index (χ1v) is 3.96. The summed E-state index contributed by atoms with van der Waals surface area (Å²) < 4.78 is 35.5. The number of aryl methyl sites for hydroxylation is 2. The van der Waals surface area contributed by atoms with Crippen LogP contribution in [-0.2, 0) is 6.42 Å². The first-order chi connectivity index (χ1) is 5.99. The predicted molar refractivity (Wildman–Crippen MR) is 43.4 cm³/mol. The number of nitrogens with zero attached hydrogens (tertiary/aromatic N) is 1. The van der Waals surface area contributed by atoms with Gasteiger partial charge in [0.25, 0.3) is 0 Å². The molecule has 1 aromatic rings. The van der Waals surface area contributed by atoms with Gasteiger partial charge in [-0.05, 0) is 25.0 Å². The van der Waals surface area contributed by atoms with E-state index in [0.717, 1.165) is 5.56 Å². The standard InChI is InChI=1S/C9H10F3N/c1-7-3-2-6-13-8(7)4-5-9(10,11)12/h2-3,6H,4-5H2,1H3. The zero-order valence-electron chi connectivity index (χ0n) is 7.23.